The van der Waals surface area contributed by atoms with E-state index in [1.807, 2.05) is 67.6 Å². The lowest BCUT2D eigenvalue weighted by atomic mass is 9.86. The zero-order valence-electron chi connectivity index (χ0n) is 22.1. The molecule has 0 saturated heterocycles. The van der Waals surface area contributed by atoms with Crippen molar-refractivity contribution in [3.63, 3.8) is 0 Å². The van der Waals surface area contributed by atoms with Crippen LogP contribution in [0, 0.1) is 6.92 Å². The Kier molecular flexibility index (Phi) is 6.32. The molecular weight excluding hydrogens is 476 g/mol. The maximum absolute atomic E-state index is 13.0. The standard InChI is InChI=1S/C30H30N6O2/c1-18-23(7-6-8-24(18)34-28(37)19-9-12-21(13-10-19)30(2,3)4)26-17-36(5)29(38)27(33-26)32-22-14-11-20-16-31-35-25(20)15-22/h6-17H,1-5H3,(H,31,35)(H,32,33)(H,34,37). The zero-order valence-corrected chi connectivity index (χ0v) is 22.1. The lowest BCUT2D eigenvalue weighted by molar-refractivity contribution is 0.102. The predicted molar refractivity (Wildman–Crippen MR) is 152 cm³/mol. The first-order valence-electron chi connectivity index (χ1n) is 12.4. The molecule has 0 fully saturated rings. The highest BCUT2D eigenvalue weighted by Gasteiger charge is 2.16. The number of H-pyrrole nitrogens is 1. The van der Waals surface area contributed by atoms with E-state index >= 15 is 0 Å². The lowest BCUT2D eigenvalue weighted by Crippen LogP contribution is -2.21. The van der Waals surface area contributed by atoms with Crippen LogP contribution in [0.4, 0.5) is 17.2 Å². The second-order valence-corrected chi connectivity index (χ2v) is 10.4. The molecule has 5 rings (SSSR count). The molecule has 0 aliphatic carbocycles. The van der Waals surface area contributed by atoms with Gasteiger partial charge in [-0.05, 0) is 59.9 Å². The summed E-state index contributed by atoms with van der Waals surface area (Å²) < 4.78 is 1.50. The van der Waals surface area contributed by atoms with E-state index in [0.717, 1.165) is 27.7 Å². The van der Waals surface area contributed by atoms with E-state index in [1.54, 1.807) is 19.4 Å². The molecule has 0 aliphatic rings. The largest absolute Gasteiger partial charge is 0.336 e. The Morgan fingerprint density at radius 3 is 2.53 bits per heavy atom. The van der Waals surface area contributed by atoms with Gasteiger partial charge < -0.3 is 15.2 Å². The zero-order chi connectivity index (χ0) is 27.0. The molecule has 0 unspecified atom stereocenters. The van der Waals surface area contributed by atoms with E-state index in [4.69, 9.17) is 0 Å². The molecule has 8 nitrogen and oxygen atoms in total. The number of carbonyl (C=O) groups excluding carboxylic acids is 1. The topological polar surface area (TPSA) is 105 Å². The summed E-state index contributed by atoms with van der Waals surface area (Å²) in [4.78, 5) is 30.5. The molecule has 3 N–H and O–H groups in total. The Hall–Kier alpha value is -4.72. The lowest BCUT2D eigenvalue weighted by Gasteiger charge is -2.19. The number of carbonyl (C=O) groups is 1. The quantitative estimate of drug-likeness (QED) is 0.274. The Balaban J connectivity index is 1.43. The van der Waals surface area contributed by atoms with Gasteiger partial charge in [-0.1, -0.05) is 45.0 Å². The molecule has 0 bridgehead atoms. The van der Waals surface area contributed by atoms with Crippen molar-refractivity contribution in [2.75, 3.05) is 10.6 Å². The number of hydrogen-bond donors (Lipinski definition) is 3. The SMILES string of the molecule is Cc1c(NC(=O)c2ccc(C(C)(C)C)cc2)cccc1-c1cn(C)c(=O)c(Nc2ccc3cn[nH]c3c2)n1. The number of aryl methyl sites for hydroxylation is 1. The van der Waals surface area contributed by atoms with Gasteiger partial charge in [-0.25, -0.2) is 4.98 Å². The van der Waals surface area contributed by atoms with Gasteiger partial charge in [0.05, 0.1) is 17.4 Å². The Morgan fingerprint density at radius 2 is 1.79 bits per heavy atom. The van der Waals surface area contributed by atoms with Gasteiger partial charge in [-0.3, -0.25) is 14.7 Å². The van der Waals surface area contributed by atoms with Crippen LogP contribution in [0.5, 0.6) is 0 Å². The van der Waals surface area contributed by atoms with Crippen LogP contribution in [-0.4, -0.2) is 25.7 Å². The molecule has 5 aromatic rings. The van der Waals surface area contributed by atoms with Crippen LogP contribution >= 0.6 is 0 Å². The van der Waals surface area contributed by atoms with Gasteiger partial charge in [-0.15, -0.1) is 0 Å². The number of benzene rings is 3. The number of aromatic nitrogens is 4. The molecule has 3 aromatic carbocycles. The van der Waals surface area contributed by atoms with Crippen LogP contribution in [0.25, 0.3) is 22.2 Å². The highest BCUT2D eigenvalue weighted by molar-refractivity contribution is 6.05. The van der Waals surface area contributed by atoms with Crippen LogP contribution in [0.2, 0.25) is 0 Å². The molecule has 0 radical (unpaired) electrons. The minimum atomic E-state index is -0.251. The summed E-state index contributed by atoms with van der Waals surface area (Å²) in [7, 11) is 1.69. The van der Waals surface area contributed by atoms with Crippen LogP contribution < -0.4 is 16.2 Å². The van der Waals surface area contributed by atoms with Gasteiger partial charge in [0.25, 0.3) is 11.5 Å². The van der Waals surface area contributed by atoms with E-state index < -0.39 is 0 Å². The van der Waals surface area contributed by atoms with Crippen molar-refractivity contribution in [1.82, 2.24) is 19.7 Å². The molecule has 1 amide bonds. The van der Waals surface area contributed by atoms with Gasteiger partial charge in [0.2, 0.25) is 0 Å². The van der Waals surface area contributed by atoms with Gasteiger partial charge in [0, 0.05) is 41.1 Å². The summed E-state index contributed by atoms with van der Waals surface area (Å²) in [6.45, 7) is 8.36. The molecule has 2 aromatic heterocycles. The van der Waals surface area contributed by atoms with Crippen molar-refractivity contribution in [1.29, 1.82) is 0 Å². The first-order valence-corrected chi connectivity index (χ1v) is 12.4. The van der Waals surface area contributed by atoms with E-state index in [1.165, 1.54) is 10.1 Å². The normalized spacial score (nSPS) is 11.5. The highest BCUT2D eigenvalue weighted by atomic mass is 16.1. The number of nitrogens with one attached hydrogen (secondary N) is 3. The third kappa shape index (κ3) is 4.93. The van der Waals surface area contributed by atoms with Crippen molar-refractivity contribution >= 4 is 34.0 Å². The highest BCUT2D eigenvalue weighted by Crippen LogP contribution is 2.29. The predicted octanol–water partition coefficient (Wildman–Crippen LogP) is 5.93. The summed E-state index contributed by atoms with van der Waals surface area (Å²) in [5.74, 6) is 0.0207. The van der Waals surface area contributed by atoms with Crippen molar-refractivity contribution in [3.8, 4) is 11.3 Å². The van der Waals surface area contributed by atoms with Crippen molar-refractivity contribution in [3.05, 3.63) is 100 Å². The fraction of sp³-hybridized carbons (Fsp3) is 0.200. The van der Waals surface area contributed by atoms with Crippen molar-refractivity contribution in [2.24, 2.45) is 7.05 Å². The van der Waals surface area contributed by atoms with Gasteiger partial charge in [0.1, 0.15) is 0 Å². The van der Waals surface area contributed by atoms with E-state index in [9.17, 15) is 9.59 Å². The third-order valence-corrected chi connectivity index (χ3v) is 6.65. The number of aromatic amines is 1. The minimum absolute atomic E-state index is 0.0161. The minimum Gasteiger partial charge on any atom is -0.336 e. The van der Waals surface area contributed by atoms with Crippen molar-refractivity contribution in [2.45, 2.75) is 33.1 Å². The third-order valence-electron chi connectivity index (χ3n) is 6.65. The Bertz CT molecular complexity index is 1710. The number of fused-ring (bicyclic) bond motifs is 1. The number of nitrogens with zero attached hydrogens (tertiary/aromatic N) is 3. The molecule has 8 heteroatoms. The summed E-state index contributed by atoms with van der Waals surface area (Å²) in [6, 6.07) is 19.0. The van der Waals surface area contributed by atoms with Crippen LogP contribution in [-0.2, 0) is 12.5 Å². The first-order chi connectivity index (χ1) is 18.1. The number of hydrogen-bond acceptors (Lipinski definition) is 5. The molecule has 0 spiro atoms. The molecular formula is C30H30N6O2. The first kappa shape index (κ1) is 25.0. The van der Waals surface area contributed by atoms with Crippen LogP contribution in [0.15, 0.2) is 77.9 Å². The Morgan fingerprint density at radius 1 is 1.03 bits per heavy atom. The Labute approximate surface area is 220 Å². The monoisotopic (exact) mass is 506 g/mol. The summed E-state index contributed by atoms with van der Waals surface area (Å²) in [5, 5.41) is 14.1. The smallest absolute Gasteiger partial charge is 0.293 e. The maximum atomic E-state index is 13.0. The second-order valence-electron chi connectivity index (χ2n) is 10.4. The van der Waals surface area contributed by atoms with Crippen LogP contribution in [0.1, 0.15) is 42.3 Å². The molecule has 2 heterocycles. The van der Waals surface area contributed by atoms with E-state index in [0.29, 0.717) is 16.9 Å². The summed E-state index contributed by atoms with van der Waals surface area (Å²) in [5.41, 5.74) is 6.06. The van der Waals surface area contributed by atoms with Gasteiger partial charge >= 0.3 is 0 Å². The van der Waals surface area contributed by atoms with E-state index in [2.05, 4.69) is 46.6 Å². The molecule has 0 aliphatic heterocycles. The summed E-state index contributed by atoms with van der Waals surface area (Å²) in [6.07, 6.45) is 3.44. The molecule has 0 saturated carbocycles. The number of amides is 1. The van der Waals surface area contributed by atoms with E-state index in [-0.39, 0.29) is 22.7 Å². The van der Waals surface area contributed by atoms with Crippen LogP contribution in [0.3, 0.4) is 0 Å². The summed E-state index contributed by atoms with van der Waals surface area (Å²) >= 11 is 0. The van der Waals surface area contributed by atoms with Gasteiger partial charge in [-0.2, -0.15) is 5.10 Å². The molecule has 192 valence electrons. The van der Waals surface area contributed by atoms with Crippen molar-refractivity contribution < 1.29 is 4.79 Å². The van der Waals surface area contributed by atoms with Gasteiger partial charge in [0.15, 0.2) is 5.82 Å². The average molecular weight is 507 g/mol. The fourth-order valence-electron chi connectivity index (χ4n) is 4.33. The average Bonchev–Trinajstić information content (AvgIpc) is 3.35. The molecule has 0 atom stereocenters. The maximum Gasteiger partial charge on any atom is 0.293 e. The number of anilines is 3. The second kappa shape index (κ2) is 9.63. The molecule has 38 heavy (non-hydrogen) atoms. The fourth-order valence-corrected chi connectivity index (χ4v) is 4.33. The number of rotatable bonds is 5.